The number of thiophene rings is 1. The van der Waals surface area contributed by atoms with E-state index in [1.165, 1.54) is 16.9 Å². The first kappa shape index (κ1) is 13.5. The van der Waals surface area contributed by atoms with Crippen LogP contribution in [-0.2, 0) is 12.8 Å². The Kier molecular flexibility index (Phi) is 3.34. The Hall–Kier alpha value is -1.20. The number of hydrogen-bond acceptors (Lipinski definition) is 4. The smallest absolute Gasteiger partial charge is 0.262 e. The lowest BCUT2D eigenvalue weighted by Crippen LogP contribution is -2.34. The Balaban J connectivity index is 1.84. The summed E-state index contributed by atoms with van der Waals surface area (Å²) in [6, 6.07) is 0.314. The molecule has 4 rings (SSSR count). The van der Waals surface area contributed by atoms with Gasteiger partial charge >= 0.3 is 0 Å². The fraction of sp³-hybridized carbons (Fsp3) is 0.625. The molecule has 1 N–H and O–H groups in total. The van der Waals surface area contributed by atoms with Crippen molar-refractivity contribution in [2.45, 2.75) is 45.1 Å². The van der Waals surface area contributed by atoms with Gasteiger partial charge in [-0.05, 0) is 56.7 Å². The highest BCUT2D eigenvalue weighted by Gasteiger charge is 2.24. The number of aryl methyl sites for hydroxylation is 1. The Morgan fingerprint density at radius 3 is 2.95 bits per heavy atom. The third kappa shape index (κ3) is 2.23. The van der Waals surface area contributed by atoms with E-state index in [-0.39, 0.29) is 5.56 Å². The number of nitrogens with one attached hydrogen (secondary N) is 1. The highest BCUT2D eigenvalue weighted by Crippen LogP contribution is 2.35. The summed E-state index contributed by atoms with van der Waals surface area (Å²) in [5.74, 6) is 0.734. The van der Waals surface area contributed by atoms with Gasteiger partial charge in [0.15, 0.2) is 0 Å². The standard InChI is InChI=1S/C16H21N3OS/c1-10-2-3-12-13(8-10)21-15-14(12)16(20)19(9-18-15)11-4-6-17-7-5-11/h9-11,17H,2-8H2,1H3. The minimum atomic E-state index is 0.193. The van der Waals surface area contributed by atoms with Crippen molar-refractivity contribution in [2.24, 2.45) is 5.92 Å². The van der Waals surface area contributed by atoms with Crippen LogP contribution in [0.2, 0.25) is 0 Å². The third-order valence-corrected chi connectivity index (χ3v) is 6.11. The Morgan fingerprint density at radius 1 is 1.33 bits per heavy atom. The zero-order valence-corrected chi connectivity index (χ0v) is 13.2. The number of aromatic nitrogens is 2. The van der Waals surface area contributed by atoms with Crippen molar-refractivity contribution in [2.75, 3.05) is 13.1 Å². The molecule has 2 aromatic heterocycles. The molecule has 2 aliphatic rings. The minimum absolute atomic E-state index is 0.193. The first-order chi connectivity index (χ1) is 10.2. The molecule has 1 fully saturated rings. The number of fused-ring (bicyclic) bond motifs is 3. The van der Waals surface area contributed by atoms with E-state index in [9.17, 15) is 4.79 Å². The van der Waals surface area contributed by atoms with Crippen molar-refractivity contribution < 1.29 is 0 Å². The van der Waals surface area contributed by atoms with Crippen LogP contribution in [0.3, 0.4) is 0 Å². The summed E-state index contributed by atoms with van der Waals surface area (Å²) in [6.45, 7) is 4.29. The Bertz CT molecular complexity index is 727. The lowest BCUT2D eigenvalue weighted by Gasteiger charge is -2.24. The summed E-state index contributed by atoms with van der Waals surface area (Å²) in [7, 11) is 0. The predicted octanol–water partition coefficient (Wildman–Crippen LogP) is 2.51. The van der Waals surface area contributed by atoms with Crippen LogP contribution in [-0.4, -0.2) is 22.6 Å². The highest BCUT2D eigenvalue weighted by molar-refractivity contribution is 7.18. The van der Waals surface area contributed by atoms with Gasteiger partial charge in [0.25, 0.3) is 5.56 Å². The molecule has 0 saturated carbocycles. The van der Waals surface area contributed by atoms with Gasteiger partial charge in [0.05, 0.1) is 11.7 Å². The summed E-state index contributed by atoms with van der Waals surface area (Å²) in [5.41, 5.74) is 1.49. The van der Waals surface area contributed by atoms with Gasteiger partial charge in [-0.25, -0.2) is 4.98 Å². The van der Waals surface area contributed by atoms with Gasteiger partial charge in [0, 0.05) is 10.9 Å². The van der Waals surface area contributed by atoms with Crippen LogP contribution in [0.5, 0.6) is 0 Å². The maximum atomic E-state index is 13.0. The van der Waals surface area contributed by atoms with E-state index in [1.54, 1.807) is 17.7 Å². The zero-order valence-electron chi connectivity index (χ0n) is 12.4. The molecule has 1 aliphatic heterocycles. The summed E-state index contributed by atoms with van der Waals surface area (Å²) < 4.78 is 1.90. The van der Waals surface area contributed by atoms with Crippen LogP contribution < -0.4 is 10.9 Å². The van der Waals surface area contributed by atoms with Crippen LogP contribution in [0.25, 0.3) is 10.2 Å². The van der Waals surface area contributed by atoms with Crippen LogP contribution in [0.4, 0.5) is 0 Å². The van der Waals surface area contributed by atoms with Crippen molar-refractivity contribution in [3.05, 3.63) is 27.1 Å². The zero-order chi connectivity index (χ0) is 14.4. The van der Waals surface area contributed by atoms with Crippen molar-refractivity contribution >= 4 is 21.6 Å². The van der Waals surface area contributed by atoms with E-state index >= 15 is 0 Å². The molecule has 112 valence electrons. The SMILES string of the molecule is CC1CCc2c(sc3ncn(C4CCNCC4)c(=O)c23)C1. The number of hydrogen-bond donors (Lipinski definition) is 1. The summed E-state index contributed by atoms with van der Waals surface area (Å²) in [4.78, 5) is 19.9. The van der Waals surface area contributed by atoms with Gasteiger partial charge in [0.1, 0.15) is 4.83 Å². The fourth-order valence-electron chi connectivity index (χ4n) is 3.69. The van der Waals surface area contributed by atoms with Crippen molar-refractivity contribution in [1.82, 2.24) is 14.9 Å². The maximum Gasteiger partial charge on any atom is 0.262 e. The average Bonchev–Trinajstić information content (AvgIpc) is 2.86. The van der Waals surface area contributed by atoms with Gasteiger partial charge in [0.2, 0.25) is 0 Å². The first-order valence-electron chi connectivity index (χ1n) is 7.96. The van der Waals surface area contributed by atoms with E-state index in [4.69, 9.17) is 0 Å². The average molecular weight is 303 g/mol. The van der Waals surface area contributed by atoms with Crippen LogP contribution in [0, 0.1) is 5.92 Å². The molecule has 0 amide bonds. The largest absolute Gasteiger partial charge is 0.317 e. The molecule has 21 heavy (non-hydrogen) atoms. The normalized spacial score (nSPS) is 23.4. The molecule has 0 radical (unpaired) electrons. The number of piperidine rings is 1. The van der Waals surface area contributed by atoms with E-state index in [1.807, 2.05) is 4.57 Å². The van der Waals surface area contributed by atoms with Gasteiger partial charge in [-0.3, -0.25) is 9.36 Å². The second-order valence-electron chi connectivity index (χ2n) is 6.47. The Morgan fingerprint density at radius 2 is 2.14 bits per heavy atom. The predicted molar refractivity (Wildman–Crippen MR) is 86.2 cm³/mol. The third-order valence-electron chi connectivity index (χ3n) is 4.94. The molecule has 1 atom stereocenters. The molecule has 1 saturated heterocycles. The summed E-state index contributed by atoms with van der Waals surface area (Å²) >= 11 is 1.74. The lowest BCUT2D eigenvalue weighted by molar-refractivity contribution is 0.359. The molecule has 0 bridgehead atoms. The van der Waals surface area contributed by atoms with Crippen LogP contribution >= 0.6 is 11.3 Å². The second kappa shape index (κ2) is 5.21. The molecule has 1 unspecified atom stereocenters. The summed E-state index contributed by atoms with van der Waals surface area (Å²) in [6.07, 6.45) is 7.19. The quantitative estimate of drug-likeness (QED) is 0.880. The molecule has 3 heterocycles. The first-order valence-corrected chi connectivity index (χ1v) is 8.78. The highest BCUT2D eigenvalue weighted by atomic mass is 32.1. The molecule has 0 spiro atoms. The molecular formula is C16H21N3OS. The number of rotatable bonds is 1. The molecule has 0 aromatic carbocycles. The molecule has 4 nitrogen and oxygen atoms in total. The molecular weight excluding hydrogens is 282 g/mol. The molecule has 1 aliphatic carbocycles. The van der Waals surface area contributed by atoms with Crippen LogP contribution in [0.1, 0.15) is 42.7 Å². The topological polar surface area (TPSA) is 46.9 Å². The Labute approximate surface area is 128 Å². The van der Waals surface area contributed by atoms with Gasteiger partial charge < -0.3 is 5.32 Å². The van der Waals surface area contributed by atoms with E-state index in [2.05, 4.69) is 17.2 Å². The lowest BCUT2D eigenvalue weighted by atomic mass is 9.89. The van der Waals surface area contributed by atoms with Crippen molar-refractivity contribution in [1.29, 1.82) is 0 Å². The van der Waals surface area contributed by atoms with Gasteiger partial charge in [-0.2, -0.15) is 0 Å². The van der Waals surface area contributed by atoms with E-state index in [0.717, 1.165) is 54.9 Å². The van der Waals surface area contributed by atoms with Crippen molar-refractivity contribution in [3.8, 4) is 0 Å². The van der Waals surface area contributed by atoms with Crippen LogP contribution in [0.15, 0.2) is 11.1 Å². The fourth-order valence-corrected chi connectivity index (χ4v) is 5.03. The maximum absolute atomic E-state index is 13.0. The second-order valence-corrected chi connectivity index (χ2v) is 7.55. The van der Waals surface area contributed by atoms with Gasteiger partial charge in [-0.1, -0.05) is 6.92 Å². The van der Waals surface area contributed by atoms with E-state index in [0.29, 0.717) is 6.04 Å². The monoisotopic (exact) mass is 303 g/mol. The summed E-state index contributed by atoms with van der Waals surface area (Å²) in [5, 5.41) is 4.28. The number of nitrogens with zero attached hydrogens (tertiary/aromatic N) is 2. The van der Waals surface area contributed by atoms with Gasteiger partial charge in [-0.15, -0.1) is 11.3 Å². The van der Waals surface area contributed by atoms with E-state index < -0.39 is 0 Å². The van der Waals surface area contributed by atoms with Crippen molar-refractivity contribution in [3.63, 3.8) is 0 Å². The molecule has 5 heteroatoms. The molecule has 2 aromatic rings. The minimum Gasteiger partial charge on any atom is -0.317 e.